The summed E-state index contributed by atoms with van der Waals surface area (Å²) in [6, 6.07) is 7.31. The molecule has 0 aliphatic rings. The van der Waals surface area contributed by atoms with Crippen LogP contribution in [0, 0.1) is 18.3 Å². The summed E-state index contributed by atoms with van der Waals surface area (Å²) in [6.45, 7) is 3.85. The van der Waals surface area contributed by atoms with E-state index in [4.69, 9.17) is 14.7 Å². The number of methoxy groups -OCH3 is 1. The van der Waals surface area contributed by atoms with Crippen LogP contribution in [0.15, 0.2) is 18.2 Å². The molecule has 0 N–H and O–H groups in total. The van der Waals surface area contributed by atoms with Crippen LogP contribution in [0.1, 0.15) is 27.9 Å². The average molecular weight is 302 g/mol. The van der Waals surface area contributed by atoms with Crippen LogP contribution in [-0.4, -0.2) is 24.7 Å². The molecule has 2 aromatic rings. The molecule has 0 saturated heterocycles. The van der Waals surface area contributed by atoms with Crippen LogP contribution >= 0.6 is 11.3 Å². The number of nitrogens with zero attached hydrogens (tertiary/aromatic N) is 2. The first-order valence-electron chi connectivity index (χ1n) is 6.33. The Bertz CT molecular complexity index is 716. The number of nitriles is 1. The third-order valence-corrected chi connectivity index (χ3v) is 4.01. The van der Waals surface area contributed by atoms with Crippen molar-refractivity contribution in [1.82, 2.24) is 4.98 Å². The first kappa shape index (κ1) is 15.0. The second-order valence-corrected chi connectivity index (χ2v) is 5.18. The number of aryl methyl sites for hydroxylation is 1. The Hall–Kier alpha value is -2.39. The molecular formula is C15H14N2O3S. The monoisotopic (exact) mass is 302 g/mol. The minimum Gasteiger partial charge on any atom is -0.495 e. The molecule has 1 aromatic carbocycles. The van der Waals surface area contributed by atoms with Crippen LogP contribution < -0.4 is 4.74 Å². The Morgan fingerprint density at radius 2 is 2.24 bits per heavy atom. The van der Waals surface area contributed by atoms with Crippen molar-refractivity contribution in [2.75, 3.05) is 13.7 Å². The third-order valence-electron chi connectivity index (χ3n) is 2.82. The standard InChI is InChI=1S/C15H14N2O3S/c1-4-20-15(18)13-9(2)17-14(21-13)10-5-6-12(19-3)11(7-10)8-16/h5-7H,4H2,1-3H3. The summed E-state index contributed by atoms with van der Waals surface area (Å²) in [4.78, 5) is 16.7. The Labute approximate surface area is 126 Å². The summed E-state index contributed by atoms with van der Waals surface area (Å²) < 4.78 is 10.1. The molecule has 21 heavy (non-hydrogen) atoms. The first-order valence-corrected chi connectivity index (χ1v) is 7.15. The number of hydrogen-bond acceptors (Lipinski definition) is 6. The highest BCUT2D eigenvalue weighted by atomic mass is 32.1. The number of benzene rings is 1. The minimum absolute atomic E-state index is 0.326. The third kappa shape index (κ3) is 3.03. The lowest BCUT2D eigenvalue weighted by atomic mass is 10.1. The maximum atomic E-state index is 11.8. The molecule has 1 heterocycles. The van der Waals surface area contributed by atoms with Gasteiger partial charge in [-0.15, -0.1) is 11.3 Å². The summed E-state index contributed by atoms with van der Waals surface area (Å²) in [5, 5.41) is 9.79. The van der Waals surface area contributed by atoms with Crippen LogP contribution in [0.4, 0.5) is 0 Å². The Kier molecular flexibility index (Phi) is 4.55. The van der Waals surface area contributed by atoms with E-state index < -0.39 is 0 Å². The van der Waals surface area contributed by atoms with E-state index in [2.05, 4.69) is 11.1 Å². The first-order chi connectivity index (χ1) is 10.1. The summed E-state index contributed by atoms with van der Waals surface area (Å²) in [5.74, 6) is 0.146. The topological polar surface area (TPSA) is 72.2 Å². The highest BCUT2D eigenvalue weighted by Crippen LogP contribution is 2.31. The maximum Gasteiger partial charge on any atom is 0.350 e. The normalized spacial score (nSPS) is 10.0. The number of aromatic nitrogens is 1. The molecule has 0 radical (unpaired) electrons. The molecule has 0 atom stereocenters. The molecule has 0 amide bonds. The quantitative estimate of drug-likeness (QED) is 0.811. The van der Waals surface area contributed by atoms with Gasteiger partial charge in [0.15, 0.2) is 0 Å². The fourth-order valence-corrected chi connectivity index (χ4v) is 2.79. The van der Waals surface area contributed by atoms with Gasteiger partial charge < -0.3 is 9.47 Å². The molecular weight excluding hydrogens is 288 g/mol. The van der Waals surface area contributed by atoms with Gasteiger partial charge in [0, 0.05) is 5.56 Å². The van der Waals surface area contributed by atoms with Crippen molar-refractivity contribution >= 4 is 17.3 Å². The lowest BCUT2D eigenvalue weighted by Crippen LogP contribution is -2.03. The molecule has 2 rings (SSSR count). The van der Waals surface area contributed by atoms with Gasteiger partial charge in [-0.3, -0.25) is 0 Å². The number of carbonyl (C=O) groups is 1. The molecule has 0 aliphatic heterocycles. The number of rotatable bonds is 4. The van der Waals surface area contributed by atoms with Crippen molar-refractivity contribution in [1.29, 1.82) is 5.26 Å². The predicted molar refractivity (Wildman–Crippen MR) is 79.5 cm³/mol. The van der Waals surface area contributed by atoms with Gasteiger partial charge in [0.2, 0.25) is 0 Å². The summed E-state index contributed by atoms with van der Waals surface area (Å²) in [5.41, 5.74) is 1.83. The zero-order valence-corrected chi connectivity index (χ0v) is 12.8. The van der Waals surface area contributed by atoms with Crippen molar-refractivity contribution in [3.05, 3.63) is 34.3 Å². The van der Waals surface area contributed by atoms with Gasteiger partial charge >= 0.3 is 5.97 Å². The molecule has 0 unspecified atom stereocenters. The van der Waals surface area contributed by atoms with Crippen molar-refractivity contribution in [2.24, 2.45) is 0 Å². The molecule has 0 bridgehead atoms. The summed E-state index contributed by atoms with van der Waals surface area (Å²) in [7, 11) is 1.52. The summed E-state index contributed by atoms with van der Waals surface area (Å²) >= 11 is 1.26. The van der Waals surface area contributed by atoms with Gasteiger partial charge in [-0.05, 0) is 32.0 Å². The Morgan fingerprint density at radius 3 is 2.86 bits per heavy atom. The van der Waals surface area contributed by atoms with Gasteiger partial charge in [0.1, 0.15) is 21.7 Å². The zero-order valence-electron chi connectivity index (χ0n) is 12.0. The molecule has 5 nitrogen and oxygen atoms in total. The van der Waals surface area contributed by atoms with E-state index in [1.807, 2.05) is 6.07 Å². The minimum atomic E-state index is -0.368. The Morgan fingerprint density at radius 1 is 1.48 bits per heavy atom. The summed E-state index contributed by atoms with van der Waals surface area (Å²) in [6.07, 6.45) is 0. The van der Waals surface area contributed by atoms with Crippen LogP contribution in [0.3, 0.4) is 0 Å². The van der Waals surface area contributed by atoms with E-state index in [9.17, 15) is 4.79 Å². The van der Waals surface area contributed by atoms with E-state index in [-0.39, 0.29) is 5.97 Å². The largest absolute Gasteiger partial charge is 0.495 e. The van der Waals surface area contributed by atoms with Crippen LogP contribution in [0.5, 0.6) is 5.75 Å². The number of ether oxygens (including phenoxy) is 2. The van der Waals surface area contributed by atoms with Crippen molar-refractivity contribution in [2.45, 2.75) is 13.8 Å². The van der Waals surface area contributed by atoms with E-state index in [0.717, 1.165) is 5.56 Å². The van der Waals surface area contributed by atoms with E-state index in [1.165, 1.54) is 18.4 Å². The molecule has 6 heteroatoms. The average Bonchev–Trinajstić information content (AvgIpc) is 2.88. The second-order valence-electron chi connectivity index (χ2n) is 4.18. The van der Waals surface area contributed by atoms with E-state index in [1.54, 1.807) is 26.0 Å². The van der Waals surface area contributed by atoms with Gasteiger partial charge in [0.25, 0.3) is 0 Å². The zero-order chi connectivity index (χ0) is 15.4. The fourth-order valence-electron chi connectivity index (χ4n) is 1.83. The SMILES string of the molecule is CCOC(=O)c1sc(-c2ccc(OC)c(C#N)c2)nc1C. The number of thiazole rings is 1. The van der Waals surface area contributed by atoms with Gasteiger partial charge in [-0.25, -0.2) is 9.78 Å². The highest BCUT2D eigenvalue weighted by molar-refractivity contribution is 7.17. The van der Waals surface area contributed by atoms with Crippen LogP contribution in [0.25, 0.3) is 10.6 Å². The maximum absolute atomic E-state index is 11.8. The van der Waals surface area contributed by atoms with Crippen LogP contribution in [-0.2, 0) is 4.74 Å². The Balaban J connectivity index is 2.42. The van der Waals surface area contributed by atoms with E-state index >= 15 is 0 Å². The van der Waals surface area contributed by atoms with Crippen molar-refractivity contribution in [3.63, 3.8) is 0 Å². The van der Waals surface area contributed by atoms with Crippen molar-refractivity contribution < 1.29 is 14.3 Å². The molecule has 0 spiro atoms. The molecule has 108 valence electrons. The lowest BCUT2D eigenvalue weighted by molar-refractivity contribution is 0.0531. The predicted octanol–water partition coefficient (Wildman–Crippen LogP) is 3.18. The van der Waals surface area contributed by atoms with Gasteiger partial charge in [-0.2, -0.15) is 5.26 Å². The molecule has 0 aliphatic carbocycles. The highest BCUT2D eigenvalue weighted by Gasteiger charge is 2.17. The number of esters is 1. The fraction of sp³-hybridized carbons (Fsp3) is 0.267. The molecule has 0 fully saturated rings. The molecule has 1 aromatic heterocycles. The second kappa shape index (κ2) is 6.37. The van der Waals surface area contributed by atoms with Crippen molar-refractivity contribution in [3.8, 4) is 22.4 Å². The van der Waals surface area contributed by atoms with Gasteiger partial charge in [-0.1, -0.05) is 0 Å². The molecule has 0 saturated carbocycles. The van der Waals surface area contributed by atoms with Crippen LogP contribution in [0.2, 0.25) is 0 Å². The van der Waals surface area contributed by atoms with Gasteiger partial charge in [0.05, 0.1) is 25.0 Å². The number of carbonyl (C=O) groups excluding carboxylic acids is 1. The lowest BCUT2D eigenvalue weighted by Gasteiger charge is -2.03. The smallest absolute Gasteiger partial charge is 0.350 e. The number of hydrogen-bond donors (Lipinski definition) is 0. The van der Waals surface area contributed by atoms with E-state index in [0.29, 0.717) is 33.5 Å².